The first-order valence-corrected chi connectivity index (χ1v) is 5.28. The number of amides is 1. The Morgan fingerprint density at radius 1 is 1.60 bits per heavy atom. The average Bonchev–Trinajstić information content (AvgIpc) is 2.63. The Hall–Kier alpha value is -1.43. The predicted molar refractivity (Wildman–Crippen MR) is 55.6 cm³/mol. The van der Waals surface area contributed by atoms with E-state index in [0.717, 1.165) is 10.7 Å². The second-order valence-electron chi connectivity index (χ2n) is 2.88. The third-order valence-corrected chi connectivity index (χ3v) is 2.69. The Morgan fingerprint density at radius 3 is 2.87 bits per heavy atom. The van der Waals surface area contributed by atoms with Crippen LogP contribution < -0.4 is 5.32 Å². The van der Waals surface area contributed by atoms with E-state index < -0.39 is 11.9 Å². The van der Waals surface area contributed by atoms with Gasteiger partial charge in [-0.2, -0.15) is 0 Å². The van der Waals surface area contributed by atoms with Crippen LogP contribution in [0.25, 0.3) is 0 Å². The fraction of sp³-hybridized carbons (Fsp3) is 0.444. The molecule has 0 bridgehead atoms. The summed E-state index contributed by atoms with van der Waals surface area (Å²) < 4.78 is 4.25. The Bertz CT molecular complexity index is 362. The van der Waals surface area contributed by atoms with Crippen molar-refractivity contribution < 1.29 is 14.3 Å². The standard InChI is InChI=1S/C9H12N2O3S/c1-6-5-15-7(11-6)3-4-10-8(12)9(13)14-2/h5H,3-4H2,1-2H3,(H,10,12). The normalized spacial score (nSPS) is 9.73. The number of ether oxygens (including phenoxy) is 1. The number of nitrogens with zero attached hydrogens (tertiary/aromatic N) is 1. The van der Waals surface area contributed by atoms with Gasteiger partial charge in [0.05, 0.1) is 12.1 Å². The molecule has 0 atom stereocenters. The summed E-state index contributed by atoms with van der Waals surface area (Å²) in [7, 11) is 1.17. The minimum absolute atomic E-state index is 0.390. The maximum absolute atomic E-state index is 11.0. The van der Waals surface area contributed by atoms with E-state index in [0.29, 0.717) is 13.0 Å². The van der Waals surface area contributed by atoms with Gasteiger partial charge in [0.1, 0.15) is 0 Å². The quantitative estimate of drug-likeness (QED) is 0.596. The van der Waals surface area contributed by atoms with Gasteiger partial charge in [0.15, 0.2) is 0 Å². The third kappa shape index (κ3) is 3.67. The molecule has 0 aliphatic carbocycles. The minimum Gasteiger partial charge on any atom is -0.462 e. The number of hydrogen-bond acceptors (Lipinski definition) is 5. The first-order chi connectivity index (χ1) is 7.13. The van der Waals surface area contributed by atoms with Gasteiger partial charge in [-0.15, -0.1) is 11.3 Å². The maximum atomic E-state index is 11.0. The van der Waals surface area contributed by atoms with Crippen LogP contribution in [-0.4, -0.2) is 30.5 Å². The van der Waals surface area contributed by atoms with E-state index in [1.54, 1.807) is 0 Å². The van der Waals surface area contributed by atoms with Crippen LogP contribution >= 0.6 is 11.3 Å². The number of carbonyl (C=O) groups is 2. The number of aryl methyl sites for hydroxylation is 1. The highest BCUT2D eigenvalue weighted by atomic mass is 32.1. The predicted octanol–water partition coefficient (Wildman–Crippen LogP) is 0.283. The number of thiazole rings is 1. The molecule has 0 aliphatic heterocycles. The molecule has 1 heterocycles. The number of nitrogens with one attached hydrogen (secondary N) is 1. The number of aromatic nitrogens is 1. The number of methoxy groups -OCH3 is 1. The van der Waals surface area contributed by atoms with Crippen LogP contribution in [0, 0.1) is 6.92 Å². The van der Waals surface area contributed by atoms with Crippen molar-refractivity contribution in [2.45, 2.75) is 13.3 Å². The van der Waals surface area contributed by atoms with Crippen molar-refractivity contribution in [2.24, 2.45) is 0 Å². The van der Waals surface area contributed by atoms with Gasteiger partial charge in [0.25, 0.3) is 0 Å². The highest BCUT2D eigenvalue weighted by Crippen LogP contribution is 2.08. The lowest BCUT2D eigenvalue weighted by Crippen LogP contribution is -2.33. The lowest BCUT2D eigenvalue weighted by molar-refractivity contribution is -0.152. The minimum atomic E-state index is -0.870. The topological polar surface area (TPSA) is 68.3 Å². The van der Waals surface area contributed by atoms with Crippen molar-refractivity contribution in [3.8, 4) is 0 Å². The van der Waals surface area contributed by atoms with Crippen molar-refractivity contribution in [3.63, 3.8) is 0 Å². The molecule has 0 spiro atoms. The summed E-state index contributed by atoms with van der Waals surface area (Å²) in [5.41, 5.74) is 0.967. The van der Waals surface area contributed by atoms with Gasteiger partial charge in [-0.3, -0.25) is 4.79 Å². The van der Waals surface area contributed by atoms with Crippen LogP contribution in [0.15, 0.2) is 5.38 Å². The summed E-state index contributed by atoms with van der Waals surface area (Å²) >= 11 is 1.54. The molecule has 1 rings (SSSR count). The summed E-state index contributed by atoms with van der Waals surface area (Å²) in [4.78, 5) is 25.9. The molecule has 82 valence electrons. The first-order valence-electron chi connectivity index (χ1n) is 4.40. The van der Waals surface area contributed by atoms with Crippen molar-refractivity contribution in [1.29, 1.82) is 0 Å². The highest BCUT2D eigenvalue weighted by molar-refractivity contribution is 7.09. The summed E-state index contributed by atoms with van der Waals surface area (Å²) in [5.74, 6) is -1.59. The van der Waals surface area contributed by atoms with Crippen LogP contribution in [0.3, 0.4) is 0 Å². The lowest BCUT2D eigenvalue weighted by Gasteiger charge is -2.01. The lowest BCUT2D eigenvalue weighted by atomic mass is 10.4. The van der Waals surface area contributed by atoms with Crippen molar-refractivity contribution in [1.82, 2.24) is 10.3 Å². The monoisotopic (exact) mass is 228 g/mol. The van der Waals surface area contributed by atoms with E-state index >= 15 is 0 Å². The fourth-order valence-corrected chi connectivity index (χ4v) is 1.74. The SMILES string of the molecule is COC(=O)C(=O)NCCc1nc(C)cs1. The number of carbonyl (C=O) groups excluding carboxylic acids is 2. The van der Waals surface area contributed by atoms with Gasteiger partial charge in [0, 0.05) is 24.0 Å². The molecule has 0 aliphatic rings. The summed E-state index contributed by atoms with van der Waals surface area (Å²) in [5, 5.41) is 5.33. The molecule has 5 nitrogen and oxygen atoms in total. The molecular formula is C9H12N2O3S. The highest BCUT2D eigenvalue weighted by Gasteiger charge is 2.12. The molecule has 0 fully saturated rings. The van der Waals surface area contributed by atoms with E-state index in [1.807, 2.05) is 12.3 Å². The van der Waals surface area contributed by atoms with Gasteiger partial charge in [0.2, 0.25) is 0 Å². The molecule has 1 aromatic rings. The molecule has 0 unspecified atom stereocenters. The van der Waals surface area contributed by atoms with E-state index in [1.165, 1.54) is 18.4 Å². The Morgan fingerprint density at radius 2 is 2.33 bits per heavy atom. The zero-order chi connectivity index (χ0) is 11.3. The van der Waals surface area contributed by atoms with E-state index in [-0.39, 0.29) is 0 Å². The maximum Gasteiger partial charge on any atom is 0.396 e. The van der Waals surface area contributed by atoms with Gasteiger partial charge in [-0.1, -0.05) is 0 Å². The molecule has 0 radical (unpaired) electrons. The van der Waals surface area contributed by atoms with Gasteiger partial charge >= 0.3 is 11.9 Å². The van der Waals surface area contributed by atoms with E-state index in [4.69, 9.17) is 0 Å². The van der Waals surface area contributed by atoms with Crippen LogP contribution in [0.5, 0.6) is 0 Å². The average molecular weight is 228 g/mol. The van der Waals surface area contributed by atoms with Gasteiger partial charge < -0.3 is 10.1 Å². The largest absolute Gasteiger partial charge is 0.462 e. The van der Waals surface area contributed by atoms with Crippen molar-refractivity contribution >= 4 is 23.2 Å². The summed E-state index contributed by atoms with van der Waals surface area (Å²) in [6.07, 6.45) is 0.626. The van der Waals surface area contributed by atoms with Crippen molar-refractivity contribution in [3.05, 3.63) is 16.1 Å². The molecule has 0 saturated carbocycles. The van der Waals surface area contributed by atoms with Crippen LogP contribution in [0.4, 0.5) is 0 Å². The van der Waals surface area contributed by atoms with Gasteiger partial charge in [-0.25, -0.2) is 9.78 Å². The van der Waals surface area contributed by atoms with Gasteiger partial charge in [-0.05, 0) is 6.92 Å². The number of rotatable bonds is 3. The molecular weight excluding hydrogens is 216 g/mol. The number of esters is 1. The smallest absolute Gasteiger partial charge is 0.396 e. The molecule has 0 saturated heterocycles. The summed E-state index contributed by atoms with van der Waals surface area (Å²) in [6, 6.07) is 0. The molecule has 1 aromatic heterocycles. The molecule has 1 amide bonds. The third-order valence-electron chi connectivity index (χ3n) is 1.66. The zero-order valence-electron chi connectivity index (χ0n) is 8.57. The second kappa shape index (κ2) is 5.45. The van der Waals surface area contributed by atoms with E-state index in [2.05, 4.69) is 15.0 Å². The molecule has 15 heavy (non-hydrogen) atoms. The number of hydrogen-bond donors (Lipinski definition) is 1. The van der Waals surface area contributed by atoms with Crippen LogP contribution in [0.2, 0.25) is 0 Å². The first kappa shape index (κ1) is 11.6. The van der Waals surface area contributed by atoms with E-state index in [9.17, 15) is 9.59 Å². The molecule has 0 aromatic carbocycles. The Labute approximate surface area is 91.5 Å². The zero-order valence-corrected chi connectivity index (χ0v) is 9.39. The molecule has 6 heteroatoms. The Kier molecular flexibility index (Phi) is 4.23. The Balaban J connectivity index is 2.27. The second-order valence-corrected chi connectivity index (χ2v) is 3.82. The van der Waals surface area contributed by atoms with Crippen LogP contribution in [0.1, 0.15) is 10.7 Å². The molecule has 1 N–H and O–H groups in total. The fourth-order valence-electron chi connectivity index (χ4n) is 0.965. The van der Waals surface area contributed by atoms with Crippen molar-refractivity contribution in [2.75, 3.05) is 13.7 Å². The summed E-state index contributed by atoms with van der Waals surface area (Å²) in [6.45, 7) is 2.30. The van der Waals surface area contributed by atoms with Crippen LogP contribution in [-0.2, 0) is 20.7 Å².